The molecule has 0 saturated carbocycles. The molecule has 0 amide bonds. The summed E-state index contributed by atoms with van der Waals surface area (Å²) in [7, 11) is 0. The quantitative estimate of drug-likeness (QED) is 0.356. The number of nitrogens with two attached hydrogens (primary N) is 1. The van der Waals surface area contributed by atoms with E-state index in [1.807, 2.05) is 0 Å². The molecule has 5 N–H and O–H groups in total. The Balaban J connectivity index is 0. The van der Waals surface area contributed by atoms with E-state index in [9.17, 15) is 14.4 Å². The first kappa shape index (κ1) is 27.5. The number of rotatable bonds is 6. The summed E-state index contributed by atoms with van der Waals surface area (Å²) in [6.07, 6.45) is 0. The fourth-order valence-corrected chi connectivity index (χ4v) is 2.49. The molecule has 1 fully saturated rings. The van der Waals surface area contributed by atoms with Crippen LogP contribution in [0.1, 0.15) is 0 Å². The van der Waals surface area contributed by atoms with Crippen LogP contribution in [-0.4, -0.2) is 120 Å². The van der Waals surface area contributed by atoms with Gasteiger partial charge < -0.3 is 26.8 Å². The Bertz CT molecular complexity index is 412. The van der Waals surface area contributed by atoms with E-state index in [2.05, 4.69) is 5.32 Å². The molecule has 0 radical (unpaired) electrons. The number of nitrogens with zero attached hydrogens (tertiary/aromatic N) is 4. The molecule has 1 saturated heterocycles. The van der Waals surface area contributed by atoms with E-state index in [4.69, 9.17) is 15.3 Å². The minimum Gasteiger partial charge on any atom is -0.693 e. The second kappa shape index (κ2) is 15.3. The molecule has 0 aliphatic carbocycles. The van der Waals surface area contributed by atoms with E-state index < -0.39 is 17.9 Å². The Kier molecular flexibility index (Phi) is 16.2. The van der Waals surface area contributed by atoms with Gasteiger partial charge in [0.25, 0.3) is 0 Å². The largest absolute Gasteiger partial charge is 2.00 e. The van der Waals surface area contributed by atoms with Crippen molar-refractivity contribution in [2.24, 2.45) is 0 Å². The van der Waals surface area contributed by atoms with Gasteiger partial charge in [0.15, 0.2) is 0 Å². The second-order valence-corrected chi connectivity index (χ2v) is 5.68. The summed E-state index contributed by atoms with van der Waals surface area (Å²) in [5, 5.41) is 31.2. The molecular formula is C14H27N5O6U. The van der Waals surface area contributed by atoms with Gasteiger partial charge in [0, 0.05) is 26.2 Å². The van der Waals surface area contributed by atoms with Gasteiger partial charge >= 0.3 is 49.0 Å². The van der Waals surface area contributed by atoms with E-state index in [1.54, 1.807) is 14.7 Å². The van der Waals surface area contributed by atoms with Crippen LogP contribution < -0.4 is 0 Å². The minimum absolute atomic E-state index is 0. The van der Waals surface area contributed by atoms with Crippen molar-refractivity contribution >= 4 is 17.9 Å². The van der Waals surface area contributed by atoms with E-state index >= 15 is 0 Å². The van der Waals surface area contributed by atoms with Crippen molar-refractivity contribution < 1.29 is 60.8 Å². The average molecular weight is 599 g/mol. The van der Waals surface area contributed by atoms with Gasteiger partial charge in [0.05, 0.1) is 19.6 Å². The molecule has 1 rings (SSSR count). The number of carbonyl (C=O) groups is 3. The van der Waals surface area contributed by atoms with Crippen molar-refractivity contribution in [2.75, 3.05) is 72.0 Å². The second-order valence-electron chi connectivity index (χ2n) is 5.68. The first-order valence-corrected chi connectivity index (χ1v) is 7.82. The van der Waals surface area contributed by atoms with Crippen molar-refractivity contribution in [1.29, 1.82) is 0 Å². The molecule has 0 atom stereocenters. The summed E-state index contributed by atoms with van der Waals surface area (Å²) in [4.78, 5) is 38.0. The zero-order chi connectivity index (χ0) is 17.9. The zero-order valence-corrected chi connectivity index (χ0v) is 18.9. The number of hydrogen-bond donors (Lipinski definition) is 3. The molecule has 0 aromatic carbocycles. The summed E-state index contributed by atoms with van der Waals surface area (Å²) in [5.74, 6) is -2.83. The van der Waals surface area contributed by atoms with Gasteiger partial charge in [-0.2, -0.15) is 0 Å². The first-order chi connectivity index (χ1) is 11.4. The fraction of sp³-hybridized carbons (Fsp3) is 0.786. The van der Waals surface area contributed by atoms with Crippen LogP contribution in [0.5, 0.6) is 0 Å². The van der Waals surface area contributed by atoms with Crippen LogP contribution >= 0.6 is 0 Å². The maximum Gasteiger partial charge on any atom is 2.00 e. The average Bonchev–Trinajstić information content (AvgIpc) is 2.45. The third-order valence-electron chi connectivity index (χ3n) is 3.69. The van der Waals surface area contributed by atoms with Crippen molar-refractivity contribution in [3.05, 3.63) is 11.5 Å². The summed E-state index contributed by atoms with van der Waals surface area (Å²) < 4.78 is 0. The molecule has 0 unspecified atom stereocenters. The Morgan fingerprint density at radius 3 is 1.19 bits per heavy atom. The molecular weight excluding hydrogens is 572 g/mol. The number of hydrogen-bond acceptors (Lipinski definition) is 6. The van der Waals surface area contributed by atoms with Gasteiger partial charge in [-0.1, -0.05) is 0 Å². The smallest absolute Gasteiger partial charge is 0.693 e. The molecule has 1 aliphatic rings. The van der Waals surface area contributed by atoms with Crippen molar-refractivity contribution in [3.63, 3.8) is 0 Å². The maximum atomic E-state index is 11.0. The molecule has 0 aromatic heterocycles. The van der Waals surface area contributed by atoms with Gasteiger partial charge in [-0.3, -0.25) is 29.1 Å². The number of carboxylic acids is 3. The van der Waals surface area contributed by atoms with Crippen LogP contribution in [0.2, 0.25) is 0 Å². The van der Waals surface area contributed by atoms with E-state index in [1.165, 1.54) is 0 Å². The molecule has 148 valence electrons. The van der Waals surface area contributed by atoms with Crippen LogP contribution in [0.15, 0.2) is 0 Å². The molecule has 12 heteroatoms. The van der Waals surface area contributed by atoms with Crippen molar-refractivity contribution in [3.8, 4) is 0 Å². The molecule has 11 nitrogen and oxygen atoms in total. The molecule has 0 bridgehead atoms. The number of carboxylic acid groups (broad SMARTS) is 3. The maximum absolute atomic E-state index is 11.0. The molecule has 0 aromatic rings. The Morgan fingerprint density at radius 1 is 0.654 bits per heavy atom. The monoisotopic (exact) mass is 599 g/mol. The summed E-state index contributed by atoms with van der Waals surface area (Å²) in [5.41, 5.74) is 0. The Hall–Kier alpha value is -0.738. The Labute approximate surface area is 176 Å². The summed E-state index contributed by atoms with van der Waals surface area (Å²) >= 11 is 0. The van der Waals surface area contributed by atoms with Gasteiger partial charge in [-0.15, -0.1) is 13.1 Å². The van der Waals surface area contributed by atoms with Gasteiger partial charge in [-0.25, -0.2) is 0 Å². The zero-order valence-electron chi connectivity index (χ0n) is 14.7. The minimum atomic E-state index is -0.966. The molecule has 0 spiro atoms. The molecule has 1 aliphatic heterocycles. The van der Waals surface area contributed by atoms with Crippen LogP contribution in [0.25, 0.3) is 11.5 Å². The van der Waals surface area contributed by atoms with Crippen LogP contribution in [0, 0.1) is 31.1 Å². The predicted molar refractivity (Wildman–Crippen MR) is 90.6 cm³/mol. The summed E-state index contributed by atoms with van der Waals surface area (Å²) in [6, 6.07) is 0. The van der Waals surface area contributed by atoms with Crippen molar-refractivity contribution in [2.45, 2.75) is 0 Å². The molecule has 26 heavy (non-hydrogen) atoms. The van der Waals surface area contributed by atoms with Gasteiger partial charge in [0.1, 0.15) is 0 Å². The summed E-state index contributed by atoms with van der Waals surface area (Å²) in [6.45, 7) is 3.16. The van der Waals surface area contributed by atoms with Crippen LogP contribution in [0.4, 0.5) is 0 Å². The van der Waals surface area contributed by atoms with E-state index in [-0.39, 0.29) is 56.9 Å². The topological polar surface area (TPSA) is 169 Å². The van der Waals surface area contributed by atoms with E-state index in [0.717, 1.165) is 0 Å². The third-order valence-corrected chi connectivity index (χ3v) is 3.69. The van der Waals surface area contributed by atoms with Gasteiger partial charge in [-0.05, 0) is 13.1 Å². The molecule has 1 heterocycles. The standard InChI is InChI=1S/C14H25N4O6.H2N.U/c19-12(20)9-16-3-1-15-2-4-17(10-13(21)22)6-8-18(7-5-16)11-14(23)24;;/h1-11H2,(H,19,20)(H,21,22)(H,23,24);1H2;/q2*-1;+2. The fourth-order valence-electron chi connectivity index (χ4n) is 2.49. The Morgan fingerprint density at radius 2 is 0.923 bits per heavy atom. The van der Waals surface area contributed by atoms with Crippen LogP contribution in [-0.2, 0) is 14.4 Å². The predicted octanol–water partition coefficient (Wildman–Crippen LogP) is -0.749. The normalized spacial score (nSPS) is 18.5. The van der Waals surface area contributed by atoms with Crippen LogP contribution in [0.3, 0.4) is 0 Å². The first-order valence-electron chi connectivity index (χ1n) is 7.82. The van der Waals surface area contributed by atoms with Gasteiger partial charge in [0.2, 0.25) is 0 Å². The third kappa shape index (κ3) is 13.5. The SMILES string of the molecule is O=C(O)CN1CC[N-]CCN(CC(=O)O)CCN(CC(=O)O)CC1.[NH2-].[U+2]. The van der Waals surface area contributed by atoms with Crippen molar-refractivity contribution in [1.82, 2.24) is 14.7 Å². The number of aliphatic carboxylic acids is 3. The van der Waals surface area contributed by atoms with E-state index in [0.29, 0.717) is 52.4 Å².